The standard InChI is InChI=1S/C20H18BrNO3/c1-4-25-20(24)16-10-17(19(23)14-5-7-15(21)8-6-14)22-11-12(2)9-13(3)18(16)22/h5-11H,4H2,1-3H3. The van der Waals surface area contributed by atoms with E-state index in [9.17, 15) is 9.59 Å². The third kappa shape index (κ3) is 3.24. The number of ketones is 1. The van der Waals surface area contributed by atoms with Crippen LogP contribution in [0.4, 0.5) is 0 Å². The van der Waals surface area contributed by atoms with Gasteiger partial charge in [-0.1, -0.05) is 22.0 Å². The average molecular weight is 400 g/mol. The van der Waals surface area contributed by atoms with Crippen molar-refractivity contribution in [3.8, 4) is 0 Å². The van der Waals surface area contributed by atoms with Gasteiger partial charge in [-0.2, -0.15) is 0 Å². The van der Waals surface area contributed by atoms with Crippen molar-refractivity contribution in [1.29, 1.82) is 0 Å². The zero-order chi connectivity index (χ0) is 18.1. The Morgan fingerprint density at radius 2 is 1.80 bits per heavy atom. The number of rotatable bonds is 4. The summed E-state index contributed by atoms with van der Waals surface area (Å²) in [6.45, 7) is 5.95. The molecule has 0 amide bonds. The molecule has 0 bridgehead atoms. The summed E-state index contributed by atoms with van der Waals surface area (Å²) in [5.41, 5.74) is 4.09. The summed E-state index contributed by atoms with van der Waals surface area (Å²) in [7, 11) is 0. The Morgan fingerprint density at radius 3 is 2.44 bits per heavy atom. The zero-order valence-electron chi connectivity index (χ0n) is 14.3. The topological polar surface area (TPSA) is 47.8 Å². The second-order valence-electron chi connectivity index (χ2n) is 5.92. The fourth-order valence-corrected chi connectivity index (χ4v) is 3.26. The molecule has 3 aromatic rings. The first kappa shape index (κ1) is 17.4. The van der Waals surface area contributed by atoms with E-state index >= 15 is 0 Å². The Morgan fingerprint density at radius 1 is 1.12 bits per heavy atom. The molecule has 0 N–H and O–H groups in total. The minimum Gasteiger partial charge on any atom is -0.462 e. The van der Waals surface area contributed by atoms with Crippen LogP contribution in [0.2, 0.25) is 0 Å². The Balaban J connectivity index is 2.22. The molecule has 0 aliphatic carbocycles. The molecule has 0 aliphatic rings. The van der Waals surface area contributed by atoms with Gasteiger partial charge in [0.05, 0.1) is 23.4 Å². The second-order valence-corrected chi connectivity index (χ2v) is 6.83. The highest BCUT2D eigenvalue weighted by atomic mass is 79.9. The Kier molecular flexibility index (Phi) is 4.77. The van der Waals surface area contributed by atoms with Crippen LogP contribution >= 0.6 is 15.9 Å². The van der Waals surface area contributed by atoms with E-state index < -0.39 is 5.97 Å². The van der Waals surface area contributed by atoms with Crippen LogP contribution in [0.1, 0.15) is 44.5 Å². The van der Waals surface area contributed by atoms with Crippen LogP contribution in [0.3, 0.4) is 0 Å². The van der Waals surface area contributed by atoms with E-state index in [1.54, 1.807) is 29.5 Å². The van der Waals surface area contributed by atoms with Gasteiger partial charge in [-0.05, 0) is 62.2 Å². The van der Waals surface area contributed by atoms with Gasteiger partial charge < -0.3 is 9.14 Å². The summed E-state index contributed by atoms with van der Waals surface area (Å²) < 4.78 is 7.86. The van der Waals surface area contributed by atoms with Crippen molar-refractivity contribution in [3.05, 3.63) is 75.0 Å². The van der Waals surface area contributed by atoms with E-state index in [-0.39, 0.29) is 12.4 Å². The molecule has 1 aromatic carbocycles. The molecule has 4 nitrogen and oxygen atoms in total. The third-order valence-corrected chi connectivity index (χ3v) is 4.55. The van der Waals surface area contributed by atoms with Gasteiger partial charge >= 0.3 is 5.97 Å². The van der Waals surface area contributed by atoms with Crippen LogP contribution in [0, 0.1) is 13.8 Å². The maximum absolute atomic E-state index is 13.0. The number of benzene rings is 1. The van der Waals surface area contributed by atoms with E-state index in [2.05, 4.69) is 15.9 Å². The monoisotopic (exact) mass is 399 g/mol. The molecule has 0 spiro atoms. The predicted octanol–water partition coefficient (Wildman–Crippen LogP) is 4.73. The van der Waals surface area contributed by atoms with Gasteiger partial charge in [0, 0.05) is 16.2 Å². The van der Waals surface area contributed by atoms with E-state index in [1.165, 1.54) is 0 Å². The molecule has 0 atom stereocenters. The normalized spacial score (nSPS) is 10.9. The number of esters is 1. The summed E-state index contributed by atoms with van der Waals surface area (Å²) in [5.74, 6) is -0.551. The number of nitrogens with zero attached hydrogens (tertiary/aromatic N) is 1. The van der Waals surface area contributed by atoms with Crippen LogP contribution in [0.15, 0.2) is 47.1 Å². The smallest absolute Gasteiger partial charge is 0.340 e. The van der Waals surface area contributed by atoms with Gasteiger partial charge in [0.2, 0.25) is 5.78 Å². The van der Waals surface area contributed by atoms with Gasteiger partial charge in [-0.15, -0.1) is 0 Å². The first-order valence-electron chi connectivity index (χ1n) is 8.02. The fraction of sp³-hybridized carbons (Fsp3) is 0.200. The number of aryl methyl sites for hydroxylation is 2. The van der Waals surface area contributed by atoms with Crippen molar-refractivity contribution >= 4 is 33.2 Å². The van der Waals surface area contributed by atoms with E-state index in [0.29, 0.717) is 22.3 Å². The summed E-state index contributed by atoms with van der Waals surface area (Å²) >= 11 is 3.37. The van der Waals surface area contributed by atoms with E-state index in [1.807, 2.05) is 38.2 Å². The van der Waals surface area contributed by atoms with E-state index in [4.69, 9.17) is 4.74 Å². The third-order valence-electron chi connectivity index (χ3n) is 4.02. The number of halogens is 1. The number of fused-ring (bicyclic) bond motifs is 1. The minimum atomic E-state index is -0.415. The number of carbonyl (C=O) groups is 2. The van der Waals surface area contributed by atoms with E-state index in [0.717, 1.165) is 15.6 Å². The van der Waals surface area contributed by atoms with Crippen molar-refractivity contribution < 1.29 is 14.3 Å². The number of pyridine rings is 1. The lowest BCUT2D eigenvalue weighted by Gasteiger charge is -2.07. The van der Waals surface area contributed by atoms with Crippen molar-refractivity contribution in [3.63, 3.8) is 0 Å². The molecule has 0 unspecified atom stereocenters. The Bertz CT molecular complexity index is 971. The maximum Gasteiger partial charge on any atom is 0.340 e. The average Bonchev–Trinajstić information content (AvgIpc) is 2.95. The highest BCUT2D eigenvalue weighted by Crippen LogP contribution is 2.25. The predicted molar refractivity (Wildman–Crippen MR) is 100 cm³/mol. The molecule has 0 fully saturated rings. The molecule has 0 saturated heterocycles. The van der Waals surface area contributed by atoms with Gasteiger partial charge in [0.1, 0.15) is 0 Å². The minimum absolute atomic E-state index is 0.136. The lowest BCUT2D eigenvalue weighted by atomic mass is 10.1. The molecule has 25 heavy (non-hydrogen) atoms. The molecule has 2 aromatic heterocycles. The summed E-state index contributed by atoms with van der Waals surface area (Å²) in [5, 5.41) is 0. The summed E-state index contributed by atoms with van der Waals surface area (Å²) in [6.07, 6.45) is 1.87. The van der Waals surface area contributed by atoms with Gasteiger partial charge in [-0.25, -0.2) is 4.79 Å². The number of aromatic nitrogens is 1. The molecular formula is C20H18BrNO3. The number of hydrogen-bond donors (Lipinski definition) is 0. The molecule has 0 saturated carbocycles. The highest BCUT2D eigenvalue weighted by Gasteiger charge is 2.22. The Labute approximate surface area is 154 Å². The highest BCUT2D eigenvalue weighted by molar-refractivity contribution is 9.10. The number of hydrogen-bond acceptors (Lipinski definition) is 3. The van der Waals surface area contributed by atoms with Crippen molar-refractivity contribution in [2.75, 3.05) is 6.61 Å². The first-order valence-corrected chi connectivity index (χ1v) is 8.81. The lowest BCUT2D eigenvalue weighted by molar-refractivity contribution is 0.0528. The second kappa shape index (κ2) is 6.84. The van der Waals surface area contributed by atoms with Crippen LogP contribution < -0.4 is 0 Å². The lowest BCUT2D eigenvalue weighted by Crippen LogP contribution is -2.06. The van der Waals surface area contributed by atoms with Gasteiger partial charge in [-0.3, -0.25) is 4.79 Å². The van der Waals surface area contributed by atoms with Gasteiger partial charge in [0.15, 0.2) is 0 Å². The molecule has 0 radical (unpaired) electrons. The number of carbonyl (C=O) groups excluding carboxylic acids is 2. The van der Waals surface area contributed by atoms with Crippen molar-refractivity contribution in [2.45, 2.75) is 20.8 Å². The largest absolute Gasteiger partial charge is 0.462 e. The van der Waals surface area contributed by atoms with Crippen LogP contribution in [-0.4, -0.2) is 22.8 Å². The molecule has 5 heteroatoms. The SMILES string of the molecule is CCOC(=O)c1cc(C(=O)c2ccc(Br)cc2)n2cc(C)cc(C)c12. The van der Waals surface area contributed by atoms with Gasteiger partial charge in [0.25, 0.3) is 0 Å². The van der Waals surface area contributed by atoms with Crippen LogP contribution in [0.25, 0.3) is 5.52 Å². The Hall–Kier alpha value is -2.40. The molecule has 128 valence electrons. The first-order chi connectivity index (χ1) is 11.9. The summed E-state index contributed by atoms with van der Waals surface area (Å²) in [4.78, 5) is 25.4. The molecule has 2 heterocycles. The molecule has 3 rings (SSSR count). The summed E-state index contributed by atoms with van der Waals surface area (Å²) in [6, 6.07) is 10.8. The fourth-order valence-electron chi connectivity index (χ4n) is 3.00. The molecule has 0 aliphatic heterocycles. The zero-order valence-corrected chi connectivity index (χ0v) is 15.9. The van der Waals surface area contributed by atoms with Crippen LogP contribution in [-0.2, 0) is 4.74 Å². The van der Waals surface area contributed by atoms with Crippen molar-refractivity contribution in [2.24, 2.45) is 0 Å². The van der Waals surface area contributed by atoms with Crippen molar-refractivity contribution in [1.82, 2.24) is 4.40 Å². The maximum atomic E-state index is 13.0. The number of ether oxygens (including phenoxy) is 1. The quantitative estimate of drug-likeness (QED) is 0.470. The van der Waals surface area contributed by atoms with Crippen LogP contribution in [0.5, 0.6) is 0 Å². The molecular weight excluding hydrogens is 382 g/mol.